The van der Waals surface area contributed by atoms with E-state index in [-0.39, 0.29) is 0 Å². The molecule has 9 heteroatoms. The monoisotopic (exact) mass is 443 g/mol. The van der Waals surface area contributed by atoms with E-state index in [0.29, 0.717) is 36.1 Å². The number of nitrogens with one attached hydrogen (secondary N) is 1. The molecule has 1 fully saturated rings. The number of aryl methyl sites for hydroxylation is 1. The Hall–Kier alpha value is -3.98. The van der Waals surface area contributed by atoms with E-state index in [1.165, 1.54) is 5.56 Å². The zero-order valence-electron chi connectivity index (χ0n) is 18.6. The van der Waals surface area contributed by atoms with Gasteiger partial charge in [-0.05, 0) is 24.6 Å². The predicted molar refractivity (Wildman–Crippen MR) is 129 cm³/mol. The van der Waals surface area contributed by atoms with E-state index in [2.05, 4.69) is 39.5 Å². The number of morpholine rings is 1. The summed E-state index contributed by atoms with van der Waals surface area (Å²) in [5.74, 6) is 1.92. The highest BCUT2D eigenvalue weighted by atomic mass is 16.5. The van der Waals surface area contributed by atoms with Crippen molar-refractivity contribution in [3.63, 3.8) is 0 Å². The Morgan fingerprint density at radius 1 is 1.09 bits per heavy atom. The molecular formula is C24H25N7O2. The van der Waals surface area contributed by atoms with Crippen LogP contribution in [0.3, 0.4) is 0 Å². The molecular weight excluding hydrogens is 418 g/mol. The summed E-state index contributed by atoms with van der Waals surface area (Å²) >= 11 is 0. The van der Waals surface area contributed by atoms with Crippen molar-refractivity contribution in [3.05, 3.63) is 66.0 Å². The van der Waals surface area contributed by atoms with E-state index in [9.17, 15) is 0 Å². The first-order valence-electron chi connectivity index (χ1n) is 10.8. The summed E-state index contributed by atoms with van der Waals surface area (Å²) < 4.78 is 12.8. The highest BCUT2D eigenvalue weighted by molar-refractivity contribution is 5.87. The second-order valence-corrected chi connectivity index (χ2v) is 7.74. The van der Waals surface area contributed by atoms with Crippen molar-refractivity contribution < 1.29 is 9.47 Å². The van der Waals surface area contributed by atoms with Gasteiger partial charge in [0.25, 0.3) is 0 Å². The van der Waals surface area contributed by atoms with Crippen LogP contribution in [0, 0.1) is 6.92 Å². The molecule has 0 radical (unpaired) electrons. The standard InChI is InChI=1S/C24H25N7O2/c1-17-5-3-6-18(13-17)15-26-29-22-21-23(28-24(27-22)30-9-11-33-12-10-30)31(16-25-21)19-7-4-8-20(14-19)32-2/h3-8,13-16H,9-12H2,1-2H3,(H,27,28,29). The van der Waals surface area contributed by atoms with E-state index in [4.69, 9.17) is 19.4 Å². The Balaban J connectivity index is 1.55. The number of benzene rings is 2. The fourth-order valence-electron chi connectivity index (χ4n) is 3.74. The van der Waals surface area contributed by atoms with Crippen molar-refractivity contribution >= 4 is 29.1 Å². The van der Waals surface area contributed by atoms with Gasteiger partial charge in [-0.1, -0.05) is 35.9 Å². The molecule has 0 atom stereocenters. The average Bonchev–Trinajstić information content (AvgIpc) is 3.29. The summed E-state index contributed by atoms with van der Waals surface area (Å²) in [7, 11) is 1.65. The molecule has 168 valence electrons. The summed E-state index contributed by atoms with van der Waals surface area (Å²) in [5, 5.41) is 4.42. The highest BCUT2D eigenvalue weighted by Gasteiger charge is 2.20. The lowest BCUT2D eigenvalue weighted by Crippen LogP contribution is -2.37. The third-order valence-electron chi connectivity index (χ3n) is 5.44. The predicted octanol–water partition coefficient (Wildman–Crippen LogP) is 3.42. The number of methoxy groups -OCH3 is 1. The van der Waals surface area contributed by atoms with Crippen molar-refractivity contribution in [1.29, 1.82) is 0 Å². The molecule has 4 aromatic rings. The Bertz CT molecular complexity index is 1300. The minimum atomic E-state index is 0.548. The van der Waals surface area contributed by atoms with E-state index < -0.39 is 0 Å². The number of hydrogen-bond acceptors (Lipinski definition) is 8. The summed E-state index contributed by atoms with van der Waals surface area (Å²) in [6.07, 6.45) is 3.51. The third kappa shape index (κ3) is 4.49. The maximum Gasteiger partial charge on any atom is 0.229 e. The van der Waals surface area contributed by atoms with Crippen molar-refractivity contribution in [1.82, 2.24) is 19.5 Å². The van der Waals surface area contributed by atoms with Crippen molar-refractivity contribution in [2.45, 2.75) is 6.92 Å². The van der Waals surface area contributed by atoms with Crippen LogP contribution in [0.15, 0.2) is 60.0 Å². The lowest BCUT2D eigenvalue weighted by atomic mass is 10.2. The maximum atomic E-state index is 5.50. The minimum Gasteiger partial charge on any atom is -0.497 e. The summed E-state index contributed by atoms with van der Waals surface area (Å²) in [6.45, 7) is 4.80. The number of anilines is 2. The van der Waals surface area contributed by atoms with E-state index >= 15 is 0 Å². The number of ether oxygens (including phenoxy) is 2. The molecule has 2 aromatic heterocycles. The van der Waals surface area contributed by atoms with Gasteiger partial charge in [-0.25, -0.2) is 4.98 Å². The number of fused-ring (bicyclic) bond motifs is 1. The molecule has 2 aromatic carbocycles. The van der Waals surface area contributed by atoms with Crippen LogP contribution in [0.4, 0.5) is 11.8 Å². The largest absolute Gasteiger partial charge is 0.497 e. The van der Waals surface area contributed by atoms with Gasteiger partial charge < -0.3 is 14.4 Å². The quantitative estimate of drug-likeness (QED) is 0.361. The second kappa shape index (κ2) is 9.25. The molecule has 0 aliphatic carbocycles. The van der Waals surface area contributed by atoms with Gasteiger partial charge in [0.1, 0.15) is 12.1 Å². The van der Waals surface area contributed by atoms with E-state index in [1.807, 2.05) is 41.0 Å². The van der Waals surface area contributed by atoms with E-state index in [0.717, 1.165) is 30.1 Å². The molecule has 9 nitrogen and oxygen atoms in total. The zero-order valence-corrected chi connectivity index (χ0v) is 18.6. The molecule has 1 aliphatic rings. The first-order valence-corrected chi connectivity index (χ1v) is 10.8. The van der Waals surface area contributed by atoms with Crippen LogP contribution < -0.4 is 15.1 Å². The number of hydrazone groups is 1. The number of aromatic nitrogens is 4. The van der Waals surface area contributed by atoms with Crippen molar-refractivity contribution in [2.24, 2.45) is 5.10 Å². The van der Waals surface area contributed by atoms with Crippen molar-refractivity contribution in [3.8, 4) is 11.4 Å². The number of rotatable bonds is 6. The highest BCUT2D eigenvalue weighted by Crippen LogP contribution is 2.26. The molecule has 0 amide bonds. The molecule has 3 heterocycles. The molecule has 33 heavy (non-hydrogen) atoms. The van der Waals surface area contributed by atoms with Gasteiger partial charge in [0.15, 0.2) is 17.0 Å². The first-order chi connectivity index (χ1) is 16.2. The molecule has 0 saturated carbocycles. The van der Waals surface area contributed by atoms with Crippen LogP contribution in [-0.2, 0) is 4.74 Å². The van der Waals surface area contributed by atoms with Crippen LogP contribution >= 0.6 is 0 Å². The van der Waals surface area contributed by atoms with Crippen molar-refractivity contribution in [2.75, 3.05) is 43.7 Å². The average molecular weight is 444 g/mol. The molecule has 1 N–H and O–H groups in total. The van der Waals surface area contributed by atoms with Crippen LogP contribution in [-0.4, -0.2) is 59.1 Å². The molecule has 1 saturated heterocycles. The third-order valence-corrected chi connectivity index (χ3v) is 5.44. The van der Waals surface area contributed by atoms with Gasteiger partial charge in [-0.3, -0.25) is 9.99 Å². The van der Waals surface area contributed by atoms with Crippen LogP contribution in [0.2, 0.25) is 0 Å². The second-order valence-electron chi connectivity index (χ2n) is 7.74. The van der Waals surface area contributed by atoms with E-state index in [1.54, 1.807) is 19.7 Å². The summed E-state index contributed by atoms with van der Waals surface area (Å²) in [5.41, 5.74) is 7.49. The first kappa shape index (κ1) is 20.9. The lowest BCUT2D eigenvalue weighted by Gasteiger charge is -2.27. The fourth-order valence-corrected chi connectivity index (χ4v) is 3.74. The van der Waals surface area contributed by atoms with Crippen LogP contribution in [0.1, 0.15) is 11.1 Å². The molecule has 1 aliphatic heterocycles. The minimum absolute atomic E-state index is 0.548. The maximum absolute atomic E-state index is 5.50. The Kier molecular flexibility index (Phi) is 5.86. The lowest BCUT2D eigenvalue weighted by molar-refractivity contribution is 0.122. The Labute approximate surface area is 191 Å². The Morgan fingerprint density at radius 2 is 1.94 bits per heavy atom. The molecule has 5 rings (SSSR count). The Morgan fingerprint density at radius 3 is 2.76 bits per heavy atom. The molecule has 0 bridgehead atoms. The smallest absolute Gasteiger partial charge is 0.229 e. The number of imidazole rings is 1. The summed E-state index contributed by atoms with van der Waals surface area (Å²) in [4.78, 5) is 16.3. The molecule has 0 spiro atoms. The van der Waals surface area contributed by atoms with Gasteiger partial charge in [0, 0.05) is 19.2 Å². The number of hydrogen-bond donors (Lipinski definition) is 1. The van der Waals surface area contributed by atoms with Gasteiger partial charge in [0.2, 0.25) is 5.95 Å². The fraction of sp³-hybridized carbons (Fsp3) is 0.250. The van der Waals surface area contributed by atoms with Crippen LogP contribution in [0.25, 0.3) is 16.9 Å². The van der Waals surface area contributed by atoms with Gasteiger partial charge in [0.05, 0.1) is 32.2 Å². The normalized spacial score (nSPS) is 14.2. The number of nitrogens with zero attached hydrogens (tertiary/aromatic N) is 6. The summed E-state index contributed by atoms with van der Waals surface area (Å²) in [6, 6.07) is 15.9. The topological polar surface area (TPSA) is 89.7 Å². The zero-order chi connectivity index (χ0) is 22.6. The van der Waals surface area contributed by atoms with Gasteiger partial charge in [-0.2, -0.15) is 15.1 Å². The van der Waals surface area contributed by atoms with Gasteiger partial charge in [-0.15, -0.1) is 0 Å². The SMILES string of the molecule is COc1cccc(-n2cnc3c(NN=Cc4cccc(C)c4)nc(N4CCOCC4)nc32)c1. The van der Waals surface area contributed by atoms with Gasteiger partial charge >= 0.3 is 0 Å². The van der Waals surface area contributed by atoms with Crippen LogP contribution in [0.5, 0.6) is 5.75 Å². The molecule has 0 unspecified atom stereocenters.